The van der Waals surface area contributed by atoms with Crippen LogP contribution in [-0.2, 0) is 21.5 Å². The van der Waals surface area contributed by atoms with Gasteiger partial charge in [-0.25, -0.2) is 0 Å². The lowest BCUT2D eigenvalue weighted by molar-refractivity contribution is -0.142. The number of rotatable bonds is 8. The van der Waals surface area contributed by atoms with E-state index in [0.29, 0.717) is 10.8 Å². The SMILES string of the molecule is CC(C(=O)NC1CCCC1)N(Cc1ccccc1Cl)C(=O)COc1ccc(C(C)(C)C)cc1Br. The number of nitrogens with one attached hydrogen (secondary N) is 1. The molecule has 1 aliphatic carbocycles. The van der Waals surface area contributed by atoms with Crippen LogP contribution in [0.1, 0.15) is 64.5 Å². The Morgan fingerprint density at radius 3 is 2.47 bits per heavy atom. The van der Waals surface area contributed by atoms with Crippen molar-refractivity contribution in [1.82, 2.24) is 10.2 Å². The Morgan fingerprint density at radius 2 is 1.85 bits per heavy atom. The number of halogens is 2. The summed E-state index contributed by atoms with van der Waals surface area (Å²) in [5.74, 6) is 0.158. The summed E-state index contributed by atoms with van der Waals surface area (Å²) in [6, 6.07) is 12.8. The van der Waals surface area contributed by atoms with E-state index < -0.39 is 6.04 Å². The maximum atomic E-state index is 13.3. The van der Waals surface area contributed by atoms with Crippen molar-refractivity contribution in [2.45, 2.75) is 77.4 Å². The predicted octanol–water partition coefficient (Wildman–Crippen LogP) is 6.25. The van der Waals surface area contributed by atoms with Crippen molar-refractivity contribution in [2.75, 3.05) is 6.61 Å². The third kappa shape index (κ3) is 6.98. The van der Waals surface area contributed by atoms with Crippen molar-refractivity contribution in [1.29, 1.82) is 0 Å². The first-order chi connectivity index (χ1) is 16.1. The number of hydrogen-bond donors (Lipinski definition) is 1. The second-order valence-electron chi connectivity index (χ2n) is 9.96. The van der Waals surface area contributed by atoms with Crippen LogP contribution in [0.2, 0.25) is 5.02 Å². The average molecular weight is 550 g/mol. The molecule has 7 heteroatoms. The second-order valence-corrected chi connectivity index (χ2v) is 11.2. The summed E-state index contributed by atoms with van der Waals surface area (Å²) in [6.07, 6.45) is 4.22. The Labute approximate surface area is 216 Å². The molecule has 1 unspecified atom stereocenters. The van der Waals surface area contributed by atoms with Gasteiger partial charge in [-0.1, -0.05) is 69.5 Å². The number of nitrogens with zero attached hydrogens (tertiary/aromatic N) is 1. The molecule has 184 valence electrons. The smallest absolute Gasteiger partial charge is 0.261 e. The summed E-state index contributed by atoms with van der Waals surface area (Å²) in [5.41, 5.74) is 1.95. The van der Waals surface area contributed by atoms with E-state index in [4.69, 9.17) is 16.3 Å². The van der Waals surface area contributed by atoms with Gasteiger partial charge in [0.05, 0.1) is 4.47 Å². The topological polar surface area (TPSA) is 58.6 Å². The molecule has 0 aliphatic heterocycles. The Kier molecular flexibility index (Phi) is 9.05. The molecule has 34 heavy (non-hydrogen) atoms. The van der Waals surface area contributed by atoms with E-state index in [1.165, 1.54) is 0 Å². The first-order valence-electron chi connectivity index (χ1n) is 11.8. The quantitative estimate of drug-likeness (QED) is 0.423. The predicted molar refractivity (Wildman–Crippen MR) is 140 cm³/mol. The fraction of sp³-hybridized carbons (Fsp3) is 0.481. The van der Waals surface area contributed by atoms with E-state index in [1.54, 1.807) is 17.9 Å². The van der Waals surface area contributed by atoms with Gasteiger partial charge in [0, 0.05) is 17.6 Å². The molecule has 0 radical (unpaired) electrons. The van der Waals surface area contributed by atoms with Gasteiger partial charge in [0.15, 0.2) is 6.61 Å². The first-order valence-corrected chi connectivity index (χ1v) is 13.0. The number of benzene rings is 2. The second kappa shape index (κ2) is 11.6. The van der Waals surface area contributed by atoms with Crippen molar-refractivity contribution in [3.63, 3.8) is 0 Å². The Bertz CT molecular complexity index is 1020. The van der Waals surface area contributed by atoms with Crippen LogP contribution in [-0.4, -0.2) is 35.4 Å². The molecule has 1 saturated carbocycles. The molecule has 2 amide bonds. The first kappa shape index (κ1) is 26.6. The van der Waals surface area contributed by atoms with Gasteiger partial charge in [0.1, 0.15) is 11.8 Å². The summed E-state index contributed by atoms with van der Waals surface area (Å²) in [7, 11) is 0. The third-order valence-electron chi connectivity index (χ3n) is 6.32. The average Bonchev–Trinajstić information content (AvgIpc) is 3.29. The number of ether oxygens (including phenoxy) is 1. The summed E-state index contributed by atoms with van der Waals surface area (Å²) < 4.78 is 6.66. The number of hydrogen-bond acceptors (Lipinski definition) is 3. The van der Waals surface area contributed by atoms with E-state index >= 15 is 0 Å². The molecule has 0 bridgehead atoms. The van der Waals surface area contributed by atoms with Gasteiger partial charge in [0.25, 0.3) is 5.91 Å². The van der Waals surface area contributed by atoms with Crippen LogP contribution in [0.25, 0.3) is 0 Å². The minimum atomic E-state index is -0.653. The van der Waals surface area contributed by atoms with Crippen molar-refractivity contribution < 1.29 is 14.3 Å². The van der Waals surface area contributed by atoms with Gasteiger partial charge >= 0.3 is 0 Å². The monoisotopic (exact) mass is 548 g/mol. The number of carbonyl (C=O) groups excluding carboxylic acids is 2. The highest BCUT2D eigenvalue weighted by molar-refractivity contribution is 9.10. The lowest BCUT2D eigenvalue weighted by Gasteiger charge is -2.30. The van der Waals surface area contributed by atoms with E-state index in [1.807, 2.05) is 36.4 Å². The van der Waals surface area contributed by atoms with Gasteiger partial charge in [-0.2, -0.15) is 0 Å². The number of amides is 2. The molecule has 2 aromatic carbocycles. The zero-order chi connectivity index (χ0) is 24.9. The molecule has 0 saturated heterocycles. The molecule has 0 heterocycles. The lowest BCUT2D eigenvalue weighted by atomic mass is 9.87. The minimum Gasteiger partial charge on any atom is -0.483 e. The van der Waals surface area contributed by atoms with Crippen molar-refractivity contribution in [3.8, 4) is 5.75 Å². The highest BCUT2D eigenvalue weighted by Gasteiger charge is 2.29. The summed E-state index contributed by atoms with van der Waals surface area (Å²) >= 11 is 9.92. The summed E-state index contributed by atoms with van der Waals surface area (Å²) in [6.45, 7) is 8.23. The van der Waals surface area contributed by atoms with E-state index in [0.717, 1.165) is 41.3 Å². The lowest BCUT2D eigenvalue weighted by Crippen LogP contribution is -2.50. The Balaban J connectivity index is 1.74. The molecule has 5 nitrogen and oxygen atoms in total. The van der Waals surface area contributed by atoms with Gasteiger partial charge < -0.3 is 15.0 Å². The molecule has 2 aromatic rings. The highest BCUT2D eigenvalue weighted by atomic mass is 79.9. The molecule has 1 aliphatic rings. The van der Waals surface area contributed by atoms with Crippen LogP contribution in [0.3, 0.4) is 0 Å². The zero-order valence-electron chi connectivity index (χ0n) is 20.4. The molecular formula is C27H34BrClN2O3. The van der Waals surface area contributed by atoms with E-state index in [9.17, 15) is 9.59 Å². The van der Waals surface area contributed by atoms with Crippen LogP contribution >= 0.6 is 27.5 Å². The third-order valence-corrected chi connectivity index (χ3v) is 7.30. The maximum Gasteiger partial charge on any atom is 0.261 e. The molecule has 1 N–H and O–H groups in total. The van der Waals surface area contributed by atoms with Gasteiger partial charge in [0.2, 0.25) is 5.91 Å². The highest BCUT2D eigenvalue weighted by Crippen LogP contribution is 2.31. The van der Waals surface area contributed by atoms with Crippen LogP contribution < -0.4 is 10.1 Å². The fourth-order valence-corrected chi connectivity index (χ4v) is 4.78. The van der Waals surface area contributed by atoms with Crippen molar-refractivity contribution in [3.05, 3.63) is 63.1 Å². The molecule has 0 aromatic heterocycles. The minimum absolute atomic E-state index is 0.00469. The van der Waals surface area contributed by atoms with Crippen LogP contribution in [0.15, 0.2) is 46.9 Å². The standard InChI is InChI=1S/C27H34BrClN2O3/c1-18(26(33)30-21-10-6-7-11-21)31(16-19-9-5-8-12-23(19)29)25(32)17-34-24-14-13-20(15-22(24)28)27(2,3)4/h5,8-9,12-15,18,21H,6-7,10-11,16-17H2,1-4H3,(H,30,33). The van der Waals surface area contributed by atoms with Crippen molar-refractivity contribution >= 4 is 39.3 Å². The molecule has 1 atom stereocenters. The summed E-state index contributed by atoms with van der Waals surface area (Å²) in [5, 5.41) is 3.66. The maximum absolute atomic E-state index is 13.3. The van der Waals surface area contributed by atoms with Crippen molar-refractivity contribution in [2.24, 2.45) is 0 Å². The van der Waals surface area contributed by atoms with Gasteiger partial charge in [-0.05, 0) is 70.4 Å². The zero-order valence-corrected chi connectivity index (χ0v) is 22.7. The Morgan fingerprint density at radius 1 is 1.18 bits per heavy atom. The normalized spacial score (nSPS) is 15.1. The van der Waals surface area contributed by atoms with E-state index in [-0.39, 0.29) is 36.4 Å². The molecule has 1 fully saturated rings. The largest absolute Gasteiger partial charge is 0.483 e. The number of carbonyl (C=O) groups is 2. The molecule has 0 spiro atoms. The van der Waals surface area contributed by atoms with E-state index in [2.05, 4.69) is 42.0 Å². The molecule has 3 rings (SSSR count). The van der Waals surface area contributed by atoms with Crippen LogP contribution in [0, 0.1) is 0 Å². The fourth-order valence-electron chi connectivity index (χ4n) is 4.09. The molecular weight excluding hydrogens is 516 g/mol. The van der Waals surface area contributed by atoms with Crippen LogP contribution in [0.5, 0.6) is 5.75 Å². The Hall–Kier alpha value is -2.05. The summed E-state index contributed by atoms with van der Waals surface area (Å²) in [4.78, 5) is 27.9. The van der Waals surface area contributed by atoms with Gasteiger partial charge in [-0.15, -0.1) is 0 Å². The van der Waals surface area contributed by atoms with Crippen LogP contribution in [0.4, 0.5) is 0 Å². The van der Waals surface area contributed by atoms with Gasteiger partial charge in [-0.3, -0.25) is 9.59 Å².